The fraction of sp³-hybridized carbons (Fsp3) is 0.600. The van der Waals surface area contributed by atoms with E-state index in [1.807, 2.05) is 15.7 Å². The third-order valence-corrected chi connectivity index (χ3v) is 2.82. The first-order chi connectivity index (χ1) is 7.29. The van der Waals surface area contributed by atoms with Crippen molar-refractivity contribution in [3.63, 3.8) is 0 Å². The molecule has 0 bridgehead atoms. The molecule has 1 unspecified atom stereocenters. The molecule has 1 atom stereocenters. The number of nitrogens with zero attached hydrogens (tertiary/aromatic N) is 3. The lowest BCUT2D eigenvalue weighted by atomic mass is 10.1. The van der Waals surface area contributed by atoms with Crippen molar-refractivity contribution in [2.24, 2.45) is 11.7 Å². The number of aromatic nitrogens is 2. The lowest BCUT2D eigenvalue weighted by Crippen LogP contribution is -2.29. The molecule has 1 amide bonds. The zero-order valence-corrected chi connectivity index (χ0v) is 8.67. The quantitative estimate of drug-likeness (QED) is 0.738. The Labute approximate surface area is 88.9 Å². The Bertz CT molecular complexity index is 322. The van der Waals surface area contributed by atoms with Gasteiger partial charge in [-0.25, -0.2) is 4.98 Å². The van der Waals surface area contributed by atoms with Gasteiger partial charge in [-0.2, -0.15) is 0 Å². The second-order valence-electron chi connectivity index (χ2n) is 3.95. The molecule has 1 aliphatic rings. The topological polar surface area (TPSA) is 64.2 Å². The van der Waals surface area contributed by atoms with Crippen LogP contribution in [0, 0.1) is 5.92 Å². The molecule has 5 nitrogen and oxygen atoms in total. The number of amides is 1. The summed E-state index contributed by atoms with van der Waals surface area (Å²) in [6, 6.07) is 0. The molecule has 2 N–H and O–H groups in total. The summed E-state index contributed by atoms with van der Waals surface area (Å²) in [7, 11) is 0. The molecule has 5 heteroatoms. The summed E-state index contributed by atoms with van der Waals surface area (Å²) in [4.78, 5) is 17.4. The molecule has 0 aliphatic carbocycles. The lowest BCUT2D eigenvalue weighted by Gasteiger charge is -2.16. The van der Waals surface area contributed by atoms with Gasteiger partial charge in [-0.15, -0.1) is 0 Å². The van der Waals surface area contributed by atoms with Crippen LogP contribution < -0.4 is 5.73 Å². The van der Waals surface area contributed by atoms with Crippen LogP contribution in [0.15, 0.2) is 18.7 Å². The molecule has 0 radical (unpaired) electrons. The smallest absolute Gasteiger partial charge is 0.223 e. The Morgan fingerprint density at radius 3 is 3.00 bits per heavy atom. The van der Waals surface area contributed by atoms with Crippen LogP contribution in [0.25, 0.3) is 0 Å². The molecule has 1 saturated heterocycles. The SMILES string of the molecule is NCC1CC(=O)N(CCn2ccnc2)C1. The van der Waals surface area contributed by atoms with Crippen LogP contribution in [0.4, 0.5) is 0 Å². The van der Waals surface area contributed by atoms with Gasteiger partial charge in [0.05, 0.1) is 6.33 Å². The van der Waals surface area contributed by atoms with Crippen LogP contribution in [-0.4, -0.2) is 40.0 Å². The van der Waals surface area contributed by atoms with Crippen LogP contribution in [0.2, 0.25) is 0 Å². The van der Waals surface area contributed by atoms with Gasteiger partial charge in [-0.1, -0.05) is 0 Å². The normalized spacial score (nSPS) is 21.3. The summed E-state index contributed by atoms with van der Waals surface area (Å²) in [5, 5.41) is 0. The molecule has 2 heterocycles. The maximum atomic E-state index is 11.5. The van der Waals surface area contributed by atoms with Crippen molar-refractivity contribution in [3.8, 4) is 0 Å². The molecule has 82 valence electrons. The summed E-state index contributed by atoms with van der Waals surface area (Å²) in [6.45, 7) is 2.98. The number of rotatable bonds is 4. The Kier molecular flexibility index (Phi) is 3.01. The average molecular weight is 208 g/mol. The molecule has 1 aromatic rings. The van der Waals surface area contributed by atoms with Crippen molar-refractivity contribution in [2.75, 3.05) is 19.6 Å². The second kappa shape index (κ2) is 4.44. The van der Waals surface area contributed by atoms with Gasteiger partial charge in [0.15, 0.2) is 0 Å². The molecule has 1 aromatic heterocycles. The average Bonchev–Trinajstić information content (AvgIpc) is 2.84. The van der Waals surface area contributed by atoms with Crippen LogP contribution in [0.1, 0.15) is 6.42 Å². The van der Waals surface area contributed by atoms with E-state index in [0.717, 1.165) is 19.6 Å². The van der Waals surface area contributed by atoms with Crippen molar-refractivity contribution in [1.82, 2.24) is 14.5 Å². The van der Waals surface area contributed by atoms with Gasteiger partial charge in [0.1, 0.15) is 0 Å². The molecule has 0 saturated carbocycles. The van der Waals surface area contributed by atoms with E-state index in [4.69, 9.17) is 5.73 Å². The Morgan fingerprint density at radius 2 is 2.40 bits per heavy atom. The minimum absolute atomic E-state index is 0.227. The number of imidazole rings is 1. The largest absolute Gasteiger partial charge is 0.341 e. The van der Waals surface area contributed by atoms with Gasteiger partial charge in [-0.3, -0.25) is 4.79 Å². The minimum atomic E-state index is 0.227. The Hall–Kier alpha value is -1.36. The fourth-order valence-electron chi connectivity index (χ4n) is 1.88. The molecule has 0 aromatic carbocycles. The van der Waals surface area contributed by atoms with E-state index >= 15 is 0 Å². The number of hydrogen-bond donors (Lipinski definition) is 1. The highest BCUT2D eigenvalue weighted by Crippen LogP contribution is 2.15. The molecule has 0 spiro atoms. The highest BCUT2D eigenvalue weighted by molar-refractivity contribution is 5.78. The number of likely N-dealkylation sites (tertiary alicyclic amines) is 1. The zero-order chi connectivity index (χ0) is 10.7. The van der Waals surface area contributed by atoms with E-state index < -0.39 is 0 Å². The first-order valence-corrected chi connectivity index (χ1v) is 5.23. The van der Waals surface area contributed by atoms with Crippen molar-refractivity contribution < 1.29 is 4.79 Å². The van der Waals surface area contributed by atoms with Crippen molar-refractivity contribution in [3.05, 3.63) is 18.7 Å². The number of carbonyl (C=O) groups excluding carboxylic acids is 1. The third-order valence-electron chi connectivity index (χ3n) is 2.82. The van der Waals surface area contributed by atoms with Gasteiger partial charge >= 0.3 is 0 Å². The number of nitrogens with two attached hydrogens (primary N) is 1. The summed E-state index contributed by atoms with van der Waals surface area (Å²) >= 11 is 0. The molecule has 15 heavy (non-hydrogen) atoms. The van der Waals surface area contributed by atoms with Crippen molar-refractivity contribution in [1.29, 1.82) is 0 Å². The standard InChI is InChI=1S/C10H16N4O/c11-6-9-5-10(15)14(7-9)4-3-13-2-1-12-8-13/h1-2,8-9H,3-7,11H2. The van der Waals surface area contributed by atoms with Gasteiger partial charge in [0, 0.05) is 38.4 Å². The van der Waals surface area contributed by atoms with Crippen molar-refractivity contribution >= 4 is 5.91 Å². The van der Waals surface area contributed by atoms with Crippen molar-refractivity contribution in [2.45, 2.75) is 13.0 Å². The van der Waals surface area contributed by atoms with E-state index in [9.17, 15) is 4.79 Å². The highest BCUT2D eigenvalue weighted by atomic mass is 16.2. The first kappa shape index (κ1) is 10.2. The van der Waals surface area contributed by atoms with Gasteiger partial charge in [-0.05, 0) is 12.5 Å². The third kappa shape index (κ3) is 2.36. The highest BCUT2D eigenvalue weighted by Gasteiger charge is 2.27. The maximum Gasteiger partial charge on any atom is 0.223 e. The number of hydrogen-bond acceptors (Lipinski definition) is 3. The van der Waals surface area contributed by atoms with Crippen LogP contribution >= 0.6 is 0 Å². The molecule has 2 rings (SSSR count). The van der Waals surface area contributed by atoms with Crippen LogP contribution in [0.5, 0.6) is 0 Å². The first-order valence-electron chi connectivity index (χ1n) is 5.23. The fourth-order valence-corrected chi connectivity index (χ4v) is 1.88. The lowest BCUT2D eigenvalue weighted by molar-refractivity contribution is -0.127. The van der Waals surface area contributed by atoms with E-state index in [2.05, 4.69) is 4.98 Å². The summed E-state index contributed by atoms with van der Waals surface area (Å²) in [5.74, 6) is 0.575. The summed E-state index contributed by atoms with van der Waals surface area (Å²) in [5.41, 5.74) is 5.55. The van der Waals surface area contributed by atoms with E-state index in [1.165, 1.54) is 0 Å². The molecular weight excluding hydrogens is 192 g/mol. The molecule has 1 aliphatic heterocycles. The van der Waals surface area contributed by atoms with E-state index in [0.29, 0.717) is 18.9 Å². The Morgan fingerprint density at radius 1 is 1.53 bits per heavy atom. The predicted octanol–water partition coefficient (Wildman–Crippen LogP) is -0.310. The van der Waals surface area contributed by atoms with E-state index in [1.54, 1.807) is 12.5 Å². The Balaban J connectivity index is 1.83. The summed E-state index contributed by atoms with van der Waals surface area (Å²) in [6.07, 6.45) is 6.02. The monoisotopic (exact) mass is 208 g/mol. The van der Waals surface area contributed by atoms with Crippen LogP contribution in [-0.2, 0) is 11.3 Å². The van der Waals surface area contributed by atoms with Gasteiger partial charge in [0.2, 0.25) is 5.91 Å². The van der Waals surface area contributed by atoms with Gasteiger partial charge < -0.3 is 15.2 Å². The minimum Gasteiger partial charge on any atom is -0.341 e. The van der Waals surface area contributed by atoms with E-state index in [-0.39, 0.29) is 5.91 Å². The second-order valence-corrected chi connectivity index (χ2v) is 3.95. The molecule has 1 fully saturated rings. The summed E-state index contributed by atoms with van der Waals surface area (Å²) < 4.78 is 1.98. The zero-order valence-electron chi connectivity index (χ0n) is 8.67. The predicted molar refractivity (Wildman–Crippen MR) is 56.0 cm³/mol. The number of carbonyl (C=O) groups is 1. The maximum absolute atomic E-state index is 11.5. The molecular formula is C10H16N4O. The van der Waals surface area contributed by atoms with Crippen LogP contribution in [0.3, 0.4) is 0 Å². The van der Waals surface area contributed by atoms with Gasteiger partial charge in [0.25, 0.3) is 0 Å².